The van der Waals surface area contributed by atoms with Gasteiger partial charge in [0.2, 0.25) is 0 Å². The van der Waals surface area contributed by atoms with Crippen molar-refractivity contribution >= 4 is 5.97 Å². The first kappa shape index (κ1) is 17.0. The third-order valence-corrected chi connectivity index (χ3v) is 3.65. The number of esters is 1. The monoisotopic (exact) mass is 280 g/mol. The Bertz CT molecular complexity index is 391. The molecule has 0 bridgehead atoms. The van der Waals surface area contributed by atoms with Crippen LogP contribution in [0.2, 0.25) is 0 Å². The second-order valence-corrected chi connectivity index (χ2v) is 6.08. The maximum absolute atomic E-state index is 11.3. The second-order valence-electron chi connectivity index (χ2n) is 6.08. The number of ether oxygens (including phenoxy) is 2. The van der Waals surface area contributed by atoms with E-state index in [2.05, 4.69) is 26.8 Å². The molecule has 1 aliphatic rings. The molecular formula is C17H28O3. The Morgan fingerprint density at radius 1 is 1.25 bits per heavy atom. The molecule has 3 heteroatoms. The van der Waals surface area contributed by atoms with Crippen LogP contribution in [0.25, 0.3) is 0 Å². The number of carbonyl (C=O) groups is 1. The lowest BCUT2D eigenvalue weighted by Gasteiger charge is -2.02. The molecule has 1 saturated heterocycles. The fourth-order valence-electron chi connectivity index (χ4n) is 2.20. The maximum atomic E-state index is 11.3. The van der Waals surface area contributed by atoms with Gasteiger partial charge in [0.05, 0.1) is 18.3 Å². The summed E-state index contributed by atoms with van der Waals surface area (Å²) in [6.07, 6.45) is 8.35. The number of carbonyl (C=O) groups excluding carboxylic acids is 1. The van der Waals surface area contributed by atoms with Crippen LogP contribution in [0, 0.1) is 0 Å². The molecule has 0 aliphatic carbocycles. The highest BCUT2D eigenvalue weighted by Crippen LogP contribution is 2.38. The van der Waals surface area contributed by atoms with Crippen molar-refractivity contribution in [3.05, 3.63) is 23.3 Å². The number of rotatable bonds is 8. The van der Waals surface area contributed by atoms with E-state index in [0.717, 1.165) is 31.3 Å². The van der Waals surface area contributed by atoms with Crippen molar-refractivity contribution in [2.75, 3.05) is 6.61 Å². The fourth-order valence-corrected chi connectivity index (χ4v) is 2.20. The molecule has 0 aromatic rings. The van der Waals surface area contributed by atoms with Gasteiger partial charge in [-0.3, -0.25) is 0 Å². The van der Waals surface area contributed by atoms with E-state index in [0.29, 0.717) is 12.7 Å². The van der Waals surface area contributed by atoms with Gasteiger partial charge in [-0.1, -0.05) is 17.2 Å². The van der Waals surface area contributed by atoms with Crippen molar-refractivity contribution in [2.24, 2.45) is 0 Å². The molecule has 0 N–H and O–H groups in total. The number of allylic oxidation sites excluding steroid dienone is 3. The molecule has 0 aromatic carbocycles. The Morgan fingerprint density at radius 3 is 2.45 bits per heavy atom. The van der Waals surface area contributed by atoms with E-state index in [1.165, 1.54) is 5.57 Å². The van der Waals surface area contributed by atoms with Gasteiger partial charge in [-0.25, -0.2) is 4.79 Å². The SMILES string of the molecule is CCOC(=O)C=C(C)CCC=C(C)CCC1OC1(C)C. The summed E-state index contributed by atoms with van der Waals surface area (Å²) in [5.41, 5.74) is 2.57. The van der Waals surface area contributed by atoms with E-state index in [9.17, 15) is 4.79 Å². The molecule has 0 aromatic heterocycles. The minimum Gasteiger partial charge on any atom is -0.463 e. The molecule has 1 fully saturated rings. The smallest absolute Gasteiger partial charge is 0.330 e. The zero-order valence-electron chi connectivity index (χ0n) is 13.5. The van der Waals surface area contributed by atoms with Gasteiger partial charge in [-0.15, -0.1) is 0 Å². The Balaban J connectivity index is 2.21. The Kier molecular flexibility index (Phi) is 6.47. The molecular weight excluding hydrogens is 252 g/mol. The molecule has 1 heterocycles. The van der Waals surface area contributed by atoms with Gasteiger partial charge < -0.3 is 9.47 Å². The van der Waals surface area contributed by atoms with Crippen LogP contribution in [0.3, 0.4) is 0 Å². The van der Waals surface area contributed by atoms with Crippen LogP contribution < -0.4 is 0 Å². The third kappa shape index (κ3) is 6.38. The van der Waals surface area contributed by atoms with Crippen molar-refractivity contribution in [1.82, 2.24) is 0 Å². The Hall–Kier alpha value is -1.09. The van der Waals surface area contributed by atoms with E-state index >= 15 is 0 Å². The lowest BCUT2D eigenvalue weighted by atomic mass is 10.0. The highest BCUT2D eigenvalue weighted by Gasteiger charge is 2.46. The largest absolute Gasteiger partial charge is 0.463 e. The van der Waals surface area contributed by atoms with E-state index in [-0.39, 0.29) is 11.6 Å². The third-order valence-electron chi connectivity index (χ3n) is 3.65. The first-order valence-corrected chi connectivity index (χ1v) is 7.52. The molecule has 0 saturated carbocycles. The number of epoxide rings is 1. The van der Waals surface area contributed by atoms with Crippen molar-refractivity contribution in [2.45, 2.75) is 72.0 Å². The second kappa shape index (κ2) is 7.63. The van der Waals surface area contributed by atoms with Crippen LogP contribution in [0.15, 0.2) is 23.3 Å². The summed E-state index contributed by atoms with van der Waals surface area (Å²) in [4.78, 5) is 11.3. The summed E-state index contributed by atoms with van der Waals surface area (Å²) in [7, 11) is 0. The predicted molar refractivity (Wildman–Crippen MR) is 81.6 cm³/mol. The van der Waals surface area contributed by atoms with Crippen molar-refractivity contribution < 1.29 is 14.3 Å². The van der Waals surface area contributed by atoms with Crippen molar-refractivity contribution in [3.8, 4) is 0 Å². The normalized spacial score (nSPS) is 21.8. The van der Waals surface area contributed by atoms with E-state index < -0.39 is 0 Å². The van der Waals surface area contributed by atoms with Gasteiger partial charge in [-0.05, 0) is 60.3 Å². The van der Waals surface area contributed by atoms with E-state index in [1.54, 1.807) is 6.08 Å². The average Bonchev–Trinajstić information content (AvgIpc) is 2.94. The van der Waals surface area contributed by atoms with E-state index in [1.807, 2.05) is 13.8 Å². The summed E-state index contributed by atoms with van der Waals surface area (Å²) in [6, 6.07) is 0. The van der Waals surface area contributed by atoms with Crippen LogP contribution >= 0.6 is 0 Å². The van der Waals surface area contributed by atoms with Gasteiger partial charge in [0.15, 0.2) is 0 Å². The Morgan fingerprint density at radius 2 is 1.90 bits per heavy atom. The molecule has 0 radical (unpaired) electrons. The lowest BCUT2D eigenvalue weighted by molar-refractivity contribution is -0.137. The maximum Gasteiger partial charge on any atom is 0.330 e. The van der Waals surface area contributed by atoms with Crippen LogP contribution in [0.1, 0.15) is 60.3 Å². The average molecular weight is 280 g/mol. The fraction of sp³-hybridized carbons (Fsp3) is 0.706. The van der Waals surface area contributed by atoms with Gasteiger partial charge in [0.25, 0.3) is 0 Å². The standard InChI is InChI=1S/C17H28O3/c1-6-19-16(18)12-14(3)9-7-8-13(2)10-11-15-17(4,5)20-15/h8,12,15H,6-7,9-11H2,1-5H3. The van der Waals surface area contributed by atoms with Gasteiger partial charge in [0, 0.05) is 6.08 Å². The van der Waals surface area contributed by atoms with Crippen molar-refractivity contribution in [3.63, 3.8) is 0 Å². The summed E-state index contributed by atoms with van der Waals surface area (Å²) in [5.74, 6) is -0.237. The minimum atomic E-state index is -0.237. The topological polar surface area (TPSA) is 38.8 Å². The highest BCUT2D eigenvalue weighted by atomic mass is 16.6. The van der Waals surface area contributed by atoms with Crippen molar-refractivity contribution in [1.29, 1.82) is 0 Å². The lowest BCUT2D eigenvalue weighted by Crippen LogP contribution is -2.02. The minimum absolute atomic E-state index is 0.0965. The van der Waals surface area contributed by atoms with Gasteiger partial charge in [-0.2, -0.15) is 0 Å². The van der Waals surface area contributed by atoms with Gasteiger partial charge in [0.1, 0.15) is 0 Å². The number of hydrogen-bond donors (Lipinski definition) is 0. The zero-order chi connectivity index (χ0) is 15.2. The molecule has 3 nitrogen and oxygen atoms in total. The van der Waals surface area contributed by atoms with Crippen LogP contribution in [0.4, 0.5) is 0 Å². The quantitative estimate of drug-likeness (QED) is 0.290. The Labute approximate surface area is 123 Å². The molecule has 0 amide bonds. The molecule has 1 unspecified atom stereocenters. The molecule has 0 spiro atoms. The first-order valence-electron chi connectivity index (χ1n) is 7.52. The number of hydrogen-bond acceptors (Lipinski definition) is 3. The summed E-state index contributed by atoms with van der Waals surface area (Å²) < 4.78 is 10.5. The van der Waals surface area contributed by atoms with Crippen LogP contribution in [-0.2, 0) is 14.3 Å². The molecule has 114 valence electrons. The molecule has 1 aliphatic heterocycles. The van der Waals surface area contributed by atoms with E-state index in [4.69, 9.17) is 9.47 Å². The van der Waals surface area contributed by atoms with Crippen LogP contribution in [-0.4, -0.2) is 24.3 Å². The highest BCUT2D eigenvalue weighted by molar-refractivity contribution is 5.82. The molecule has 1 rings (SSSR count). The molecule has 1 atom stereocenters. The van der Waals surface area contributed by atoms with Gasteiger partial charge >= 0.3 is 5.97 Å². The van der Waals surface area contributed by atoms with Crippen LogP contribution in [0.5, 0.6) is 0 Å². The molecule has 20 heavy (non-hydrogen) atoms. The zero-order valence-corrected chi connectivity index (χ0v) is 13.5. The predicted octanol–water partition coefficient (Wildman–Crippen LogP) is 4.18. The summed E-state index contributed by atoms with van der Waals surface area (Å²) in [5, 5.41) is 0. The first-order chi connectivity index (χ1) is 9.35. The summed E-state index contributed by atoms with van der Waals surface area (Å²) in [6.45, 7) is 10.7. The summed E-state index contributed by atoms with van der Waals surface area (Å²) >= 11 is 0.